The van der Waals surface area contributed by atoms with Crippen LogP contribution in [0, 0.1) is 11.8 Å². The molecule has 0 aromatic heterocycles. The van der Waals surface area contributed by atoms with E-state index in [9.17, 15) is 9.59 Å². The molecular formula is C18H24N2O2. The van der Waals surface area contributed by atoms with Crippen molar-refractivity contribution in [3.63, 3.8) is 0 Å². The van der Waals surface area contributed by atoms with Crippen LogP contribution in [0.2, 0.25) is 0 Å². The molecule has 0 aliphatic carbocycles. The van der Waals surface area contributed by atoms with Crippen molar-refractivity contribution in [2.75, 3.05) is 26.2 Å². The second-order valence-electron chi connectivity index (χ2n) is 6.73. The second-order valence-corrected chi connectivity index (χ2v) is 6.73. The molecule has 118 valence electrons. The first-order chi connectivity index (χ1) is 10.6. The molecule has 3 rings (SSSR count). The van der Waals surface area contributed by atoms with Crippen LogP contribution in [-0.2, 0) is 0 Å². The molecule has 4 nitrogen and oxygen atoms in total. The van der Waals surface area contributed by atoms with Crippen molar-refractivity contribution in [1.82, 2.24) is 9.80 Å². The van der Waals surface area contributed by atoms with Gasteiger partial charge in [0.05, 0.1) is 11.1 Å². The van der Waals surface area contributed by atoms with Crippen LogP contribution in [0.25, 0.3) is 0 Å². The molecule has 0 unspecified atom stereocenters. The minimum absolute atomic E-state index is 0.141. The van der Waals surface area contributed by atoms with Gasteiger partial charge in [-0.25, -0.2) is 0 Å². The van der Waals surface area contributed by atoms with Crippen LogP contribution in [-0.4, -0.2) is 47.8 Å². The summed E-state index contributed by atoms with van der Waals surface area (Å²) in [5.74, 6) is 1.28. The molecule has 2 aliphatic rings. The molecule has 0 N–H and O–H groups in total. The third-order valence-electron chi connectivity index (χ3n) is 5.09. The zero-order valence-electron chi connectivity index (χ0n) is 13.4. The summed E-state index contributed by atoms with van der Waals surface area (Å²) < 4.78 is 0. The molecule has 0 atom stereocenters. The average Bonchev–Trinajstić information content (AvgIpc) is 2.78. The van der Waals surface area contributed by atoms with E-state index in [0.29, 0.717) is 17.7 Å². The summed E-state index contributed by atoms with van der Waals surface area (Å²) in [6.07, 6.45) is 2.44. The monoisotopic (exact) mass is 300 g/mol. The van der Waals surface area contributed by atoms with Crippen molar-refractivity contribution >= 4 is 11.8 Å². The maximum atomic E-state index is 12.3. The summed E-state index contributed by atoms with van der Waals surface area (Å²) in [6.45, 7) is 8.02. The fourth-order valence-corrected chi connectivity index (χ4v) is 3.53. The van der Waals surface area contributed by atoms with Crippen molar-refractivity contribution in [1.29, 1.82) is 0 Å². The minimum Gasteiger partial charge on any atom is -0.302 e. The maximum absolute atomic E-state index is 12.3. The number of carbonyl (C=O) groups excluding carboxylic acids is 2. The van der Waals surface area contributed by atoms with Gasteiger partial charge in [-0.2, -0.15) is 0 Å². The quantitative estimate of drug-likeness (QED) is 0.803. The standard InChI is InChI=1S/C18H24N2O2/c1-13(2)14-7-9-19(10-8-14)11-12-20-17(21)15-5-3-4-6-16(15)18(20)22/h3-6,13-14H,7-12H2,1-2H3. The van der Waals surface area contributed by atoms with E-state index in [1.165, 1.54) is 17.7 Å². The van der Waals surface area contributed by atoms with Gasteiger partial charge >= 0.3 is 0 Å². The molecule has 2 amide bonds. The number of fused-ring (bicyclic) bond motifs is 1. The summed E-state index contributed by atoms with van der Waals surface area (Å²) in [4.78, 5) is 28.4. The molecular weight excluding hydrogens is 276 g/mol. The first kappa shape index (κ1) is 15.2. The van der Waals surface area contributed by atoms with Gasteiger partial charge in [-0.05, 0) is 49.9 Å². The number of imide groups is 1. The first-order valence-corrected chi connectivity index (χ1v) is 8.25. The minimum atomic E-state index is -0.141. The van der Waals surface area contributed by atoms with E-state index in [4.69, 9.17) is 0 Å². The van der Waals surface area contributed by atoms with Gasteiger partial charge < -0.3 is 4.90 Å². The zero-order chi connectivity index (χ0) is 15.7. The molecule has 22 heavy (non-hydrogen) atoms. The Morgan fingerprint density at radius 1 is 1.00 bits per heavy atom. The smallest absolute Gasteiger partial charge is 0.261 e. The van der Waals surface area contributed by atoms with Crippen molar-refractivity contribution in [2.24, 2.45) is 11.8 Å². The fraction of sp³-hybridized carbons (Fsp3) is 0.556. The molecule has 0 radical (unpaired) electrons. The van der Waals surface area contributed by atoms with Crippen LogP contribution in [0.1, 0.15) is 47.4 Å². The number of nitrogens with zero attached hydrogens (tertiary/aromatic N) is 2. The van der Waals surface area contributed by atoms with Gasteiger partial charge in [0.15, 0.2) is 0 Å². The Morgan fingerprint density at radius 2 is 1.55 bits per heavy atom. The summed E-state index contributed by atoms with van der Waals surface area (Å²) >= 11 is 0. The highest BCUT2D eigenvalue weighted by Crippen LogP contribution is 2.25. The molecule has 2 heterocycles. The molecule has 1 fully saturated rings. The maximum Gasteiger partial charge on any atom is 0.261 e. The normalized spacial score (nSPS) is 20.0. The SMILES string of the molecule is CC(C)C1CCN(CCN2C(=O)c3ccccc3C2=O)CC1. The van der Waals surface area contributed by atoms with Crippen molar-refractivity contribution in [2.45, 2.75) is 26.7 Å². The molecule has 0 saturated carbocycles. The fourth-order valence-electron chi connectivity index (χ4n) is 3.53. The highest BCUT2D eigenvalue weighted by atomic mass is 16.2. The predicted molar refractivity (Wildman–Crippen MR) is 85.8 cm³/mol. The van der Waals surface area contributed by atoms with Crippen LogP contribution < -0.4 is 0 Å². The Labute approximate surface area is 132 Å². The lowest BCUT2D eigenvalue weighted by Crippen LogP contribution is -2.42. The Balaban J connectivity index is 1.55. The van der Waals surface area contributed by atoms with Crippen LogP contribution in [0.15, 0.2) is 24.3 Å². The highest BCUT2D eigenvalue weighted by molar-refractivity contribution is 6.21. The highest BCUT2D eigenvalue weighted by Gasteiger charge is 2.35. The van der Waals surface area contributed by atoms with Crippen molar-refractivity contribution in [3.05, 3.63) is 35.4 Å². The largest absolute Gasteiger partial charge is 0.302 e. The summed E-state index contributed by atoms with van der Waals surface area (Å²) in [7, 11) is 0. The van der Waals surface area contributed by atoms with Gasteiger partial charge in [0.25, 0.3) is 11.8 Å². The number of likely N-dealkylation sites (tertiary alicyclic amines) is 1. The molecule has 1 aromatic rings. The van der Waals surface area contributed by atoms with E-state index in [0.717, 1.165) is 31.5 Å². The number of hydrogen-bond donors (Lipinski definition) is 0. The molecule has 0 spiro atoms. The van der Waals surface area contributed by atoms with Gasteiger partial charge in [-0.15, -0.1) is 0 Å². The summed E-state index contributed by atoms with van der Waals surface area (Å²) in [6, 6.07) is 7.10. The van der Waals surface area contributed by atoms with Crippen LogP contribution in [0.3, 0.4) is 0 Å². The Morgan fingerprint density at radius 3 is 2.05 bits per heavy atom. The topological polar surface area (TPSA) is 40.6 Å². The number of piperidine rings is 1. The van der Waals surface area contributed by atoms with Gasteiger partial charge in [0, 0.05) is 13.1 Å². The zero-order valence-corrected chi connectivity index (χ0v) is 13.4. The average molecular weight is 300 g/mol. The van der Waals surface area contributed by atoms with Crippen LogP contribution in [0.5, 0.6) is 0 Å². The second kappa shape index (κ2) is 6.21. The van der Waals surface area contributed by atoms with E-state index in [2.05, 4.69) is 18.7 Å². The molecule has 4 heteroatoms. The van der Waals surface area contributed by atoms with Gasteiger partial charge in [-0.1, -0.05) is 26.0 Å². The van der Waals surface area contributed by atoms with E-state index < -0.39 is 0 Å². The Kier molecular flexibility index (Phi) is 4.30. The number of rotatable bonds is 4. The third kappa shape index (κ3) is 2.80. The Hall–Kier alpha value is -1.68. The third-order valence-corrected chi connectivity index (χ3v) is 5.09. The van der Waals surface area contributed by atoms with E-state index in [-0.39, 0.29) is 11.8 Å². The lowest BCUT2D eigenvalue weighted by Gasteiger charge is -2.34. The molecule has 0 bridgehead atoms. The van der Waals surface area contributed by atoms with Crippen molar-refractivity contribution < 1.29 is 9.59 Å². The van der Waals surface area contributed by atoms with Gasteiger partial charge in [0.1, 0.15) is 0 Å². The summed E-state index contributed by atoms with van der Waals surface area (Å²) in [5.41, 5.74) is 1.09. The van der Waals surface area contributed by atoms with E-state index in [1.807, 2.05) is 12.1 Å². The molecule has 2 aliphatic heterocycles. The lowest BCUT2D eigenvalue weighted by atomic mass is 9.87. The number of benzene rings is 1. The van der Waals surface area contributed by atoms with Crippen molar-refractivity contribution in [3.8, 4) is 0 Å². The van der Waals surface area contributed by atoms with Crippen LogP contribution in [0.4, 0.5) is 0 Å². The molecule has 1 saturated heterocycles. The number of hydrogen-bond acceptors (Lipinski definition) is 3. The number of amides is 2. The predicted octanol–water partition coefficient (Wildman–Crippen LogP) is 2.65. The van der Waals surface area contributed by atoms with E-state index >= 15 is 0 Å². The van der Waals surface area contributed by atoms with Gasteiger partial charge in [-0.3, -0.25) is 14.5 Å². The summed E-state index contributed by atoms with van der Waals surface area (Å²) in [5, 5.41) is 0. The van der Waals surface area contributed by atoms with Crippen LogP contribution >= 0.6 is 0 Å². The Bertz CT molecular complexity index is 539. The first-order valence-electron chi connectivity index (χ1n) is 8.25. The van der Waals surface area contributed by atoms with E-state index in [1.54, 1.807) is 12.1 Å². The van der Waals surface area contributed by atoms with Gasteiger partial charge in [0.2, 0.25) is 0 Å². The molecule has 1 aromatic carbocycles. The number of carbonyl (C=O) groups is 2. The lowest BCUT2D eigenvalue weighted by molar-refractivity contribution is 0.0622.